The molecule has 2 amide bonds. The second-order valence-electron chi connectivity index (χ2n) is 8.65. The predicted molar refractivity (Wildman–Crippen MR) is 99.4 cm³/mol. The third-order valence-corrected chi connectivity index (χ3v) is 6.85. The Morgan fingerprint density at radius 2 is 1.79 bits per heavy atom. The number of aliphatic hydroxyl groups is 1. The number of hydrogen-bond acceptors (Lipinski definition) is 6. The first-order chi connectivity index (χ1) is 13.6. The summed E-state index contributed by atoms with van der Waals surface area (Å²) in [5.74, 6) is 1.14. The van der Waals surface area contributed by atoms with E-state index in [0.717, 1.165) is 31.8 Å². The molecule has 5 rings (SSSR count). The number of carbonyl (C=O) groups is 2. The molecule has 0 bridgehead atoms. The third kappa shape index (κ3) is 3.10. The normalized spacial score (nSPS) is 30.5. The van der Waals surface area contributed by atoms with Crippen LogP contribution >= 0.6 is 0 Å². The van der Waals surface area contributed by atoms with E-state index >= 15 is 0 Å². The standard InChI is InChI=1S/C19H28N6O3/c26-14-9-12(10-14)19(28)24-6-5-23-7-8-25-16(15(23)11-24)21-22-17(25)18(27)20-13-3-1-2-4-13/h12-15,26H,1-11H2,(H,20,27). The van der Waals surface area contributed by atoms with Gasteiger partial charge in [-0.3, -0.25) is 14.5 Å². The van der Waals surface area contributed by atoms with Gasteiger partial charge in [0, 0.05) is 44.7 Å². The van der Waals surface area contributed by atoms with Crippen LogP contribution in [0.5, 0.6) is 0 Å². The van der Waals surface area contributed by atoms with Crippen molar-refractivity contribution >= 4 is 11.8 Å². The quantitative estimate of drug-likeness (QED) is 0.751. The largest absolute Gasteiger partial charge is 0.393 e. The maximum absolute atomic E-state index is 12.7. The molecule has 3 heterocycles. The molecule has 2 aliphatic heterocycles. The summed E-state index contributed by atoms with van der Waals surface area (Å²) in [7, 11) is 0. The average molecular weight is 388 g/mol. The third-order valence-electron chi connectivity index (χ3n) is 6.85. The molecule has 1 aromatic rings. The number of piperazine rings is 1. The molecule has 1 saturated heterocycles. The van der Waals surface area contributed by atoms with Gasteiger partial charge in [-0.15, -0.1) is 10.2 Å². The van der Waals surface area contributed by atoms with Crippen molar-refractivity contribution in [3.63, 3.8) is 0 Å². The molecule has 1 aromatic heterocycles. The summed E-state index contributed by atoms with van der Waals surface area (Å²) in [4.78, 5) is 29.6. The summed E-state index contributed by atoms with van der Waals surface area (Å²) in [5, 5.41) is 21.2. The van der Waals surface area contributed by atoms with E-state index in [-0.39, 0.29) is 35.9 Å². The van der Waals surface area contributed by atoms with Gasteiger partial charge in [-0.1, -0.05) is 12.8 Å². The van der Waals surface area contributed by atoms with E-state index < -0.39 is 0 Å². The van der Waals surface area contributed by atoms with Crippen LogP contribution in [-0.4, -0.2) is 79.8 Å². The SMILES string of the molecule is O=C(NC1CCCC1)c1nnc2n1CCN1CCN(C(=O)C3CC(O)C3)CC21. The first-order valence-electron chi connectivity index (χ1n) is 10.5. The van der Waals surface area contributed by atoms with Crippen LogP contribution in [0.15, 0.2) is 0 Å². The fraction of sp³-hybridized carbons (Fsp3) is 0.789. The summed E-state index contributed by atoms with van der Waals surface area (Å²) in [6.45, 7) is 3.64. The minimum absolute atomic E-state index is 0.0167. The molecule has 2 N–H and O–H groups in total. The maximum atomic E-state index is 12.7. The van der Waals surface area contributed by atoms with Crippen LogP contribution in [0.2, 0.25) is 0 Å². The molecule has 1 atom stereocenters. The highest BCUT2D eigenvalue weighted by molar-refractivity contribution is 5.91. The zero-order chi connectivity index (χ0) is 19.3. The molecule has 9 nitrogen and oxygen atoms in total. The van der Waals surface area contributed by atoms with E-state index in [0.29, 0.717) is 38.3 Å². The van der Waals surface area contributed by atoms with E-state index in [1.165, 1.54) is 12.8 Å². The number of aliphatic hydroxyl groups excluding tert-OH is 1. The number of hydrogen-bond donors (Lipinski definition) is 2. The predicted octanol–water partition coefficient (Wildman–Crippen LogP) is -0.0797. The fourth-order valence-electron chi connectivity index (χ4n) is 5.08. The number of rotatable bonds is 3. The second kappa shape index (κ2) is 7.11. The molecule has 9 heteroatoms. The van der Waals surface area contributed by atoms with Gasteiger partial charge in [0.05, 0.1) is 12.1 Å². The molecule has 1 unspecified atom stereocenters. The van der Waals surface area contributed by atoms with Gasteiger partial charge in [0.1, 0.15) is 0 Å². The van der Waals surface area contributed by atoms with Gasteiger partial charge in [0.2, 0.25) is 11.7 Å². The lowest BCUT2D eigenvalue weighted by Crippen LogP contribution is -2.56. The topological polar surface area (TPSA) is 104 Å². The van der Waals surface area contributed by atoms with E-state index in [1.807, 2.05) is 9.47 Å². The number of nitrogens with one attached hydrogen (secondary N) is 1. The molecule has 2 aliphatic carbocycles. The van der Waals surface area contributed by atoms with Crippen molar-refractivity contribution < 1.29 is 14.7 Å². The molecule has 0 spiro atoms. The molecular formula is C19H28N6O3. The molecule has 28 heavy (non-hydrogen) atoms. The summed E-state index contributed by atoms with van der Waals surface area (Å²) >= 11 is 0. The average Bonchev–Trinajstić information content (AvgIpc) is 3.34. The first kappa shape index (κ1) is 18.1. The highest BCUT2D eigenvalue weighted by atomic mass is 16.3. The number of fused-ring (bicyclic) bond motifs is 3. The van der Waals surface area contributed by atoms with Crippen LogP contribution in [0, 0.1) is 5.92 Å². The van der Waals surface area contributed by atoms with E-state index in [1.54, 1.807) is 0 Å². The Bertz CT molecular complexity index is 768. The van der Waals surface area contributed by atoms with Crippen molar-refractivity contribution in [2.45, 2.75) is 63.3 Å². The summed E-state index contributed by atoms with van der Waals surface area (Å²) in [5.41, 5.74) is 0. The lowest BCUT2D eigenvalue weighted by Gasteiger charge is -2.45. The lowest BCUT2D eigenvalue weighted by atomic mass is 9.81. The number of carbonyl (C=O) groups excluding carboxylic acids is 2. The van der Waals surface area contributed by atoms with Crippen molar-refractivity contribution in [2.75, 3.05) is 26.2 Å². The number of amides is 2. The highest BCUT2D eigenvalue weighted by Crippen LogP contribution is 2.33. The van der Waals surface area contributed by atoms with Crippen molar-refractivity contribution in [1.29, 1.82) is 0 Å². The van der Waals surface area contributed by atoms with E-state index in [4.69, 9.17) is 0 Å². The smallest absolute Gasteiger partial charge is 0.289 e. The second-order valence-corrected chi connectivity index (χ2v) is 8.65. The Labute approximate surface area is 164 Å². The zero-order valence-electron chi connectivity index (χ0n) is 16.1. The van der Waals surface area contributed by atoms with Crippen molar-refractivity contribution in [2.24, 2.45) is 5.92 Å². The molecule has 4 aliphatic rings. The van der Waals surface area contributed by atoms with Gasteiger partial charge in [-0.05, 0) is 25.7 Å². The highest BCUT2D eigenvalue weighted by Gasteiger charge is 2.41. The minimum Gasteiger partial charge on any atom is -0.393 e. The Kier molecular flexibility index (Phi) is 4.59. The number of nitrogens with zero attached hydrogens (tertiary/aromatic N) is 5. The Hall–Kier alpha value is -2.00. The van der Waals surface area contributed by atoms with Crippen LogP contribution in [-0.2, 0) is 11.3 Å². The van der Waals surface area contributed by atoms with Gasteiger partial charge in [0.15, 0.2) is 5.82 Å². The fourth-order valence-corrected chi connectivity index (χ4v) is 5.08. The zero-order valence-corrected chi connectivity index (χ0v) is 16.1. The van der Waals surface area contributed by atoms with Crippen LogP contribution in [0.25, 0.3) is 0 Å². The van der Waals surface area contributed by atoms with E-state index in [9.17, 15) is 14.7 Å². The van der Waals surface area contributed by atoms with Crippen LogP contribution in [0.4, 0.5) is 0 Å². The molecule has 152 valence electrons. The molecule has 0 aromatic carbocycles. The van der Waals surface area contributed by atoms with Gasteiger partial charge in [0.25, 0.3) is 5.91 Å². The van der Waals surface area contributed by atoms with Gasteiger partial charge in [-0.2, -0.15) is 0 Å². The molecule has 0 radical (unpaired) electrons. The van der Waals surface area contributed by atoms with Gasteiger partial charge >= 0.3 is 0 Å². The van der Waals surface area contributed by atoms with Gasteiger partial charge in [-0.25, -0.2) is 0 Å². The summed E-state index contributed by atoms with van der Waals surface area (Å²) in [6, 6.07) is 0.234. The van der Waals surface area contributed by atoms with Crippen molar-refractivity contribution in [3.8, 4) is 0 Å². The molecular weight excluding hydrogens is 360 g/mol. The van der Waals surface area contributed by atoms with Gasteiger partial charge < -0.3 is 19.9 Å². The number of aromatic nitrogens is 3. The van der Waals surface area contributed by atoms with Crippen LogP contribution < -0.4 is 5.32 Å². The Morgan fingerprint density at radius 3 is 2.54 bits per heavy atom. The summed E-state index contributed by atoms with van der Waals surface area (Å²) < 4.78 is 1.94. The molecule has 2 saturated carbocycles. The monoisotopic (exact) mass is 388 g/mol. The van der Waals surface area contributed by atoms with Crippen molar-refractivity contribution in [1.82, 2.24) is 29.9 Å². The Morgan fingerprint density at radius 1 is 1.04 bits per heavy atom. The minimum atomic E-state index is -0.325. The van der Waals surface area contributed by atoms with E-state index in [2.05, 4.69) is 20.4 Å². The molecule has 3 fully saturated rings. The van der Waals surface area contributed by atoms with Crippen LogP contribution in [0.3, 0.4) is 0 Å². The van der Waals surface area contributed by atoms with Crippen LogP contribution in [0.1, 0.15) is 61.0 Å². The summed E-state index contributed by atoms with van der Waals surface area (Å²) in [6.07, 6.45) is 5.24. The maximum Gasteiger partial charge on any atom is 0.289 e. The first-order valence-corrected chi connectivity index (χ1v) is 10.5. The van der Waals surface area contributed by atoms with Crippen molar-refractivity contribution in [3.05, 3.63) is 11.6 Å². The Balaban J connectivity index is 1.31. The lowest BCUT2D eigenvalue weighted by molar-refractivity contribution is -0.146.